The van der Waals surface area contributed by atoms with Gasteiger partial charge in [0.25, 0.3) is 0 Å². The highest BCUT2D eigenvalue weighted by atomic mass is 16.8. The number of Topliss-reactive ketones (excluding diaryl/α,β-unsaturated/α-hetero) is 1. The highest BCUT2D eigenvalue weighted by Crippen LogP contribution is 2.70. The van der Waals surface area contributed by atoms with Gasteiger partial charge < -0.3 is 158 Å². The Balaban J connectivity index is 0.765. The molecule has 0 radical (unpaired) electrons. The van der Waals surface area contributed by atoms with E-state index in [1.165, 1.54) is 0 Å². The lowest BCUT2D eigenvalue weighted by Gasteiger charge is -2.60. The van der Waals surface area contributed by atoms with E-state index in [4.69, 9.17) is 66.3 Å². The second-order valence-electron chi connectivity index (χ2n) is 29.4. The zero-order chi connectivity index (χ0) is 68.2. The van der Waals surface area contributed by atoms with Gasteiger partial charge in [-0.15, -0.1) is 0 Å². The summed E-state index contributed by atoms with van der Waals surface area (Å²) in [4.78, 5) is 14.8. The third-order valence-corrected chi connectivity index (χ3v) is 24.1. The molecule has 0 unspecified atom stereocenters. The number of hydrogen-bond acceptors (Lipinski definition) is 33. The highest BCUT2D eigenvalue weighted by molar-refractivity contribution is 5.87. The second kappa shape index (κ2) is 28.9. The van der Waals surface area contributed by atoms with Gasteiger partial charge in [0.15, 0.2) is 43.5 Å². The molecule has 0 bridgehead atoms. The van der Waals surface area contributed by atoms with E-state index in [1.54, 1.807) is 0 Å². The minimum absolute atomic E-state index is 0.0614. The maximum Gasteiger partial charge on any atom is 0.187 e. The van der Waals surface area contributed by atoms with Crippen molar-refractivity contribution in [3.05, 3.63) is 0 Å². The van der Waals surface area contributed by atoms with Gasteiger partial charge in [-0.05, 0) is 80.0 Å². The molecule has 8 saturated heterocycles. The van der Waals surface area contributed by atoms with Crippen LogP contribution < -0.4 is 0 Å². The molecule has 33 nitrogen and oxygen atoms in total. The molecular weight excluding hydrogens is 1270 g/mol. The average molecular weight is 1370 g/mol. The van der Waals surface area contributed by atoms with Gasteiger partial charge in [0.1, 0.15) is 146 Å². The minimum Gasteiger partial charge on any atom is -0.394 e. The first kappa shape index (κ1) is 73.2. The molecule has 4 saturated carbocycles. The Labute approximate surface area is 547 Å². The third-order valence-electron chi connectivity index (χ3n) is 24.1. The molecule has 8 aliphatic heterocycles. The molecule has 0 aromatic carbocycles. The number of ether oxygens (including phenoxy) is 14. The summed E-state index contributed by atoms with van der Waals surface area (Å²) >= 11 is 0. The normalized spacial score (nSPS) is 56.5. The summed E-state index contributed by atoms with van der Waals surface area (Å²) in [5.74, 6) is 0.903. The van der Waals surface area contributed by atoms with Crippen LogP contribution in [0.3, 0.4) is 0 Å². The van der Waals surface area contributed by atoms with Crippen LogP contribution >= 0.6 is 0 Å². The second-order valence-corrected chi connectivity index (χ2v) is 29.4. The molecule has 0 aromatic rings. The van der Waals surface area contributed by atoms with Crippen LogP contribution in [0.4, 0.5) is 0 Å². The van der Waals surface area contributed by atoms with E-state index in [9.17, 15) is 96.7 Å². The monoisotopic (exact) mass is 1370 g/mol. The van der Waals surface area contributed by atoms with Gasteiger partial charge in [-0.2, -0.15) is 0 Å². The zero-order valence-electron chi connectivity index (χ0n) is 53.4. The smallest absolute Gasteiger partial charge is 0.187 e. The van der Waals surface area contributed by atoms with Gasteiger partial charge in [-0.3, -0.25) is 4.79 Å². The van der Waals surface area contributed by atoms with Gasteiger partial charge in [-0.1, -0.05) is 27.7 Å². The van der Waals surface area contributed by atoms with Gasteiger partial charge >= 0.3 is 0 Å². The molecule has 12 rings (SSSR count). The van der Waals surface area contributed by atoms with Crippen molar-refractivity contribution in [2.24, 2.45) is 52.3 Å². The van der Waals surface area contributed by atoms with Crippen LogP contribution in [-0.2, 0) is 71.1 Å². The molecule has 95 heavy (non-hydrogen) atoms. The largest absolute Gasteiger partial charge is 0.394 e. The topological polar surface area (TPSA) is 510 Å². The number of carbonyl (C=O) groups excluding carboxylic acids is 1. The summed E-state index contributed by atoms with van der Waals surface area (Å²) in [5.41, 5.74) is -0.765. The fourth-order valence-electron chi connectivity index (χ4n) is 18.5. The minimum atomic E-state index is -2.28. The SMILES string of the molecule is C[C@H]1CC[C@@]2(OC1)O[C@@H]1C[C@H]3[C@@H]4CC[C@H]5C[C@@H](O[C@@H]6O[C@H](CO)[C@H](O[C@@H]7O[C@H](CO)[C@@H](O)[C@H](O[C@@H]8OC[C@@H](O)[C@H](O[C@@H]9O[C@H](CO)[C@@H](O)[C@H](O)[C@H]9O)[C@H]8O)[C@H]7O[C@@H]7O[C@H](CO)[C@@H](O)[C@H](O[C@@H]8O[C@H](CO)[C@@H](O)[C@H](O)[C@H]8O)[C@H]7O)[C@H](O)[C@H]6O)CC[C@]5(C)[C@H]4CC(=O)[C@]3(C)[C@H]1[C@@H]2C. The maximum absolute atomic E-state index is 14.8. The van der Waals surface area contributed by atoms with Crippen LogP contribution in [0.15, 0.2) is 0 Å². The summed E-state index contributed by atoms with van der Waals surface area (Å²) in [6.07, 6.45) is -50.0. The molecule has 33 heteroatoms. The van der Waals surface area contributed by atoms with Crippen LogP contribution in [-0.4, -0.2) is 340 Å². The summed E-state index contributed by atoms with van der Waals surface area (Å²) in [7, 11) is 0. The predicted molar refractivity (Wildman–Crippen MR) is 308 cm³/mol. The number of ketones is 1. The summed E-state index contributed by atoms with van der Waals surface area (Å²) in [6, 6.07) is 0. The Morgan fingerprint density at radius 1 is 0.453 bits per heavy atom. The standard InChI is InChI=1S/C62H100O33/c1-21-7-10-62(83-19-21)22(2)36-29(95-62)12-27-25-6-5-23-11-24(8-9-60(23,3)26(25)13-35(69)61(27,36)4)84-55-46(79)43(76)50(34(18-67)89-55)91-59-53(94-58-48(81)51(39(72)32(16-65)87-58)92-57-45(78)42(75)38(71)31(15-64)86-57)52(40(73)33(17-66)88-59)93-54-47(80)49(28(68)20-82-54)90-56-44(77)41(74)37(70)30(14-63)85-56/h21-34,36-59,63-68,70-81H,5-20H2,1-4H3/t21-,22-,23-,24-,25+,26-,27-,28+,29+,30+,31+,32+,33+,34+,36-,37+,38+,39+,40+,41-,42-,43+,44+,45+,46+,47+,48+,49-,50-,51-,52-,53+,54-,55+,56-,57-,58-,59-,60-,61+,62+/m0/s1. The summed E-state index contributed by atoms with van der Waals surface area (Å²) in [6.45, 7) is 3.97. The molecule has 0 aromatic heterocycles. The Hall–Kier alpha value is -1.61. The van der Waals surface area contributed by atoms with E-state index < -0.39 is 235 Å². The van der Waals surface area contributed by atoms with Gasteiger partial charge in [0.05, 0.1) is 58.5 Å². The molecule has 1 spiro atoms. The molecule has 546 valence electrons. The Morgan fingerprint density at radius 3 is 1.56 bits per heavy atom. The lowest BCUT2D eigenvalue weighted by atomic mass is 9.44. The van der Waals surface area contributed by atoms with Crippen LogP contribution in [0.5, 0.6) is 0 Å². The van der Waals surface area contributed by atoms with E-state index in [0.29, 0.717) is 44.1 Å². The fourth-order valence-corrected chi connectivity index (χ4v) is 18.5. The van der Waals surface area contributed by atoms with Crippen molar-refractivity contribution < 1.29 is 163 Å². The Morgan fingerprint density at radius 2 is 0.958 bits per heavy atom. The molecule has 18 N–H and O–H groups in total. The lowest BCUT2D eigenvalue weighted by Crippen LogP contribution is -2.69. The van der Waals surface area contributed by atoms with Gasteiger partial charge in [0, 0.05) is 30.1 Å². The van der Waals surface area contributed by atoms with Crippen molar-refractivity contribution >= 4 is 5.78 Å². The molecule has 4 aliphatic carbocycles. The van der Waals surface area contributed by atoms with Gasteiger partial charge in [0.2, 0.25) is 0 Å². The van der Waals surface area contributed by atoms with Crippen LogP contribution in [0.25, 0.3) is 0 Å². The summed E-state index contributed by atoms with van der Waals surface area (Å²) < 4.78 is 85.1. The van der Waals surface area contributed by atoms with Crippen molar-refractivity contribution in [2.45, 2.75) is 282 Å². The maximum atomic E-state index is 14.8. The summed E-state index contributed by atoms with van der Waals surface area (Å²) in [5, 5.41) is 198. The van der Waals surface area contributed by atoms with Crippen LogP contribution in [0, 0.1) is 52.3 Å². The average Bonchev–Trinajstić information content (AvgIpc) is 1.54. The zero-order valence-corrected chi connectivity index (χ0v) is 53.4. The number of aliphatic hydroxyl groups excluding tert-OH is 18. The van der Waals surface area contributed by atoms with E-state index in [2.05, 4.69) is 27.7 Å². The van der Waals surface area contributed by atoms with E-state index in [0.717, 1.165) is 32.1 Å². The highest BCUT2D eigenvalue weighted by Gasteiger charge is 2.72. The van der Waals surface area contributed by atoms with E-state index in [1.807, 2.05) is 0 Å². The predicted octanol–water partition coefficient (Wildman–Crippen LogP) is -7.44. The van der Waals surface area contributed by atoms with Crippen molar-refractivity contribution in [1.29, 1.82) is 0 Å². The van der Waals surface area contributed by atoms with Crippen LogP contribution in [0.1, 0.15) is 85.5 Å². The Bertz CT molecular complexity index is 2550. The fraction of sp³-hybridized carbons (Fsp3) is 0.984. The van der Waals surface area contributed by atoms with Gasteiger partial charge in [-0.25, -0.2) is 0 Å². The number of fused-ring (bicyclic) bond motifs is 7. The van der Waals surface area contributed by atoms with E-state index in [-0.39, 0.29) is 46.9 Å². The molecule has 0 amide bonds. The molecule has 8 heterocycles. The first-order valence-electron chi connectivity index (χ1n) is 33.7. The quantitative estimate of drug-likeness (QED) is 0.0602. The number of hydrogen-bond donors (Lipinski definition) is 18. The van der Waals surface area contributed by atoms with Crippen molar-refractivity contribution in [2.75, 3.05) is 46.2 Å². The number of carbonyl (C=O) groups is 1. The molecule has 12 aliphatic rings. The van der Waals surface area contributed by atoms with Crippen molar-refractivity contribution in [3.8, 4) is 0 Å². The number of rotatable bonds is 17. The molecule has 12 fully saturated rings. The van der Waals surface area contributed by atoms with Crippen LogP contribution in [0.2, 0.25) is 0 Å². The first-order valence-corrected chi connectivity index (χ1v) is 33.7. The number of aliphatic hydroxyl groups is 18. The van der Waals surface area contributed by atoms with E-state index >= 15 is 0 Å². The molecule has 41 atom stereocenters. The third kappa shape index (κ3) is 13.0. The van der Waals surface area contributed by atoms with Crippen molar-refractivity contribution in [1.82, 2.24) is 0 Å². The van der Waals surface area contributed by atoms with Crippen molar-refractivity contribution in [3.63, 3.8) is 0 Å². The first-order chi connectivity index (χ1) is 45.2. The molecular formula is C62H100O33. The lowest BCUT2D eigenvalue weighted by molar-refractivity contribution is -0.411. The Kier molecular flexibility index (Phi) is 22.3.